The van der Waals surface area contributed by atoms with Gasteiger partial charge in [-0.1, -0.05) is 26.8 Å². The van der Waals surface area contributed by atoms with Crippen LogP contribution in [0.2, 0.25) is 0 Å². The Morgan fingerprint density at radius 3 is 2.95 bits per heavy atom. The lowest BCUT2D eigenvalue weighted by atomic mass is 10.0. The topological polar surface area (TPSA) is 28.2 Å². The van der Waals surface area contributed by atoms with Crippen molar-refractivity contribution in [1.82, 2.24) is 10.3 Å². The van der Waals surface area contributed by atoms with Gasteiger partial charge in [-0.2, -0.15) is 0 Å². The van der Waals surface area contributed by atoms with Crippen LogP contribution in [0.5, 0.6) is 0 Å². The molecular weight excluding hydrogens is 234 g/mol. The molecule has 0 radical (unpaired) electrons. The summed E-state index contributed by atoms with van der Waals surface area (Å²) in [5.74, 6) is 2.01. The Labute approximate surface area is 117 Å². The Morgan fingerprint density at radius 2 is 2.16 bits per heavy atom. The summed E-state index contributed by atoms with van der Waals surface area (Å²) in [6, 6.07) is 6.90. The lowest BCUT2D eigenvalue weighted by Gasteiger charge is -2.22. The Balaban J connectivity index is 2.01. The smallest absolute Gasteiger partial charge is 0.128 e. The summed E-state index contributed by atoms with van der Waals surface area (Å²) in [5.41, 5.74) is 1.14. The van der Waals surface area contributed by atoms with E-state index >= 15 is 0 Å². The number of pyridine rings is 1. The van der Waals surface area contributed by atoms with Gasteiger partial charge in [0.05, 0.1) is 5.69 Å². The first-order chi connectivity index (χ1) is 9.15. The highest BCUT2D eigenvalue weighted by Crippen LogP contribution is 2.21. The van der Waals surface area contributed by atoms with Crippen LogP contribution in [0, 0.1) is 5.92 Å². The fourth-order valence-electron chi connectivity index (χ4n) is 2.54. The van der Waals surface area contributed by atoms with Crippen molar-refractivity contribution in [1.29, 1.82) is 0 Å². The molecule has 3 heteroatoms. The van der Waals surface area contributed by atoms with E-state index in [1.807, 2.05) is 0 Å². The molecule has 1 N–H and O–H groups in total. The number of nitrogens with one attached hydrogen (secondary N) is 1. The van der Waals surface area contributed by atoms with Crippen molar-refractivity contribution >= 4 is 5.82 Å². The molecule has 1 aliphatic heterocycles. The molecule has 1 aromatic heterocycles. The van der Waals surface area contributed by atoms with Gasteiger partial charge < -0.3 is 10.2 Å². The molecule has 19 heavy (non-hydrogen) atoms. The van der Waals surface area contributed by atoms with Gasteiger partial charge in [-0.15, -0.1) is 0 Å². The minimum atomic E-state index is 0.504. The second-order valence-corrected chi connectivity index (χ2v) is 6.05. The van der Waals surface area contributed by atoms with Crippen LogP contribution in [-0.2, 0) is 6.54 Å². The van der Waals surface area contributed by atoms with E-state index in [9.17, 15) is 0 Å². The van der Waals surface area contributed by atoms with E-state index in [1.165, 1.54) is 19.3 Å². The van der Waals surface area contributed by atoms with Crippen LogP contribution in [0.15, 0.2) is 18.2 Å². The third kappa shape index (κ3) is 4.50. The minimum Gasteiger partial charge on any atom is -0.357 e. The molecule has 1 fully saturated rings. The van der Waals surface area contributed by atoms with Crippen molar-refractivity contribution in [2.75, 3.05) is 18.0 Å². The highest BCUT2D eigenvalue weighted by atomic mass is 15.2. The zero-order valence-electron chi connectivity index (χ0n) is 12.5. The van der Waals surface area contributed by atoms with E-state index in [2.05, 4.69) is 49.2 Å². The normalized spacial score (nSPS) is 20.6. The first kappa shape index (κ1) is 14.3. The van der Waals surface area contributed by atoms with E-state index in [4.69, 9.17) is 4.98 Å². The quantitative estimate of drug-likeness (QED) is 0.902. The SMILES string of the molecule is CC1CCCN(c2cccc(CNC(C)C)n2)CC1. The standard InChI is InChI=1S/C16H27N3/c1-13(2)17-12-15-7-4-8-16(18-15)19-10-5-6-14(3)9-11-19/h4,7-8,13-14,17H,5-6,9-12H2,1-3H3. The van der Waals surface area contributed by atoms with Crippen LogP contribution in [0.3, 0.4) is 0 Å². The summed E-state index contributed by atoms with van der Waals surface area (Å²) >= 11 is 0. The molecule has 0 saturated carbocycles. The van der Waals surface area contributed by atoms with Gasteiger partial charge in [0.25, 0.3) is 0 Å². The summed E-state index contributed by atoms with van der Waals surface area (Å²) in [4.78, 5) is 7.25. The molecule has 106 valence electrons. The number of hydrogen-bond acceptors (Lipinski definition) is 3. The number of hydrogen-bond donors (Lipinski definition) is 1. The molecule has 1 atom stereocenters. The van der Waals surface area contributed by atoms with Crippen molar-refractivity contribution in [2.45, 2.75) is 52.6 Å². The molecule has 0 amide bonds. The molecule has 0 bridgehead atoms. The van der Waals surface area contributed by atoms with Crippen LogP contribution in [0.25, 0.3) is 0 Å². The molecule has 3 nitrogen and oxygen atoms in total. The van der Waals surface area contributed by atoms with E-state index in [-0.39, 0.29) is 0 Å². The fourth-order valence-corrected chi connectivity index (χ4v) is 2.54. The van der Waals surface area contributed by atoms with Crippen LogP contribution in [-0.4, -0.2) is 24.1 Å². The Bertz CT molecular complexity index is 389. The van der Waals surface area contributed by atoms with Gasteiger partial charge in [0.15, 0.2) is 0 Å². The van der Waals surface area contributed by atoms with E-state index < -0.39 is 0 Å². The van der Waals surface area contributed by atoms with Crippen LogP contribution < -0.4 is 10.2 Å². The van der Waals surface area contributed by atoms with Crippen LogP contribution in [0.4, 0.5) is 5.82 Å². The summed E-state index contributed by atoms with van der Waals surface area (Å²) < 4.78 is 0. The number of anilines is 1. The summed E-state index contributed by atoms with van der Waals surface area (Å²) in [5, 5.41) is 3.43. The first-order valence-corrected chi connectivity index (χ1v) is 7.59. The van der Waals surface area contributed by atoms with Crippen molar-refractivity contribution in [3.8, 4) is 0 Å². The van der Waals surface area contributed by atoms with Crippen molar-refractivity contribution in [3.63, 3.8) is 0 Å². The molecule has 0 aliphatic carbocycles. The maximum Gasteiger partial charge on any atom is 0.128 e. The Morgan fingerprint density at radius 1 is 1.32 bits per heavy atom. The Hall–Kier alpha value is -1.09. The predicted molar refractivity (Wildman–Crippen MR) is 81.4 cm³/mol. The molecular formula is C16H27N3. The van der Waals surface area contributed by atoms with Crippen LogP contribution in [0.1, 0.15) is 45.7 Å². The number of aromatic nitrogens is 1. The largest absolute Gasteiger partial charge is 0.357 e. The third-order valence-corrected chi connectivity index (χ3v) is 3.82. The minimum absolute atomic E-state index is 0.504. The van der Waals surface area contributed by atoms with E-state index in [0.29, 0.717) is 6.04 Å². The third-order valence-electron chi connectivity index (χ3n) is 3.82. The van der Waals surface area contributed by atoms with Crippen molar-refractivity contribution in [2.24, 2.45) is 5.92 Å². The number of rotatable bonds is 4. The highest BCUT2D eigenvalue weighted by Gasteiger charge is 2.15. The van der Waals surface area contributed by atoms with Gasteiger partial charge in [-0.05, 0) is 37.3 Å². The summed E-state index contributed by atoms with van der Waals surface area (Å²) in [6.07, 6.45) is 3.93. The highest BCUT2D eigenvalue weighted by molar-refractivity contribution is 5.39. The lowest BCUT2D eigenvalue weighted by Crippen LogP contribution is -2.26. The molecule has 1 unspecified atom stereocenters. The summed E-state index contributed by atoms with van der Waals surface area (Å²) in [6.45, 7) is 9.85. The van der Waals surface area contributed by atoms with Crippen LogP contribution >= 0.6 is 0 Å². The zero-order chi connectivity index (χ0) is 13.7. The molecule has 1 saturated heterocycles. The maximum absolute atomic E-state index is 4.80. The van der Waals surface area contributed by atoms with Gasteiger partial charge in [0.2, 0.25) is 0 Å². The first-order valence-electron chi connectivity index (χ1n) is 7.59. The predicted octanol–water partition coefficient (Wildman–Crippen LogP) is 3.21. The van der Waals surface area contributed by atoms with E-state index in [1.54, 1.807) is 0 Å². The monoisotopic (exact) mass is 261 g/mol. The van der Waals surface area contributed by atoms with Gasteiger partial charge in [0, 0.05) is 25.7 Å². The molecule has 2 rings (SSSR count). The zero-order valence-corrected chi connectivity index (χ0v) is 12.5. The molecule has 0 spiro atoms. The molecule has 1 aliphatic rings. The van der Waals surface area contributed by atoms with E-state index in [0.717, 1.165) is 37.1 Å². The Kier molecular flexibility index (Phi) is 5.20. The second kappa shape index (κ2) is 6.90. The molecule has 2 heterocycles. The lowest BCUT2D eigenvalue weighted by molar-refractivity contribution is 0.521. The fraction of sp³-hybridized carbons (Fsp3) is 0.688. The molecule has 1 aromatic rings. The van der Waals surface area contributed by atoms with Crippen molar-refractivity contribution < 1.29 is 0 Å². The maximum atomic E-state index is 4.80. The second-order valence-electron chi connectivity index (χ2n) is 6.05. The van der Waals surface area contributed by atoms with Gasteiger partial charge in [-0.3, -0.25) is 0 Å². The molecule has 0 aromatic carbocycles. The van der Waals surface area contributed by atoms with Crippen molar-refractivity contribution in [3.05, 3.63) is 23.9 Å². The van der Waals surface area contributed by atoms with Gasteiger partial charge in [-0.25, -0.2) is 4.98 Å². The number of nitrogens with zero attached hydrogens (tertiary/aromatic N) is 2. The van der Waals surface area contributed by atoms with Gasteiger partial charge in [0.1, 0.15) is 5.82 Å². The average molecular weight is 261 g/mol. The average Bonchev–Trinajstić information content (AvgIpc) is 2.62. The van der Waals surface area contributed by atoms with Gasteiger partial charge >= 0.3 is 0 Å². The summed E-state index contributed by atoms with van der Waals surface area (Å²) in [7, 11) is 0.